The molecule has 8 atom stereocenters. The summed E-state index contributed by atoms with van der Waals surface area (Å²) in [7, 11) is 2.95. The minimum atomic E-state index is -0.743. The highest BCUT2D eigenvalue weighted by Crippen LogP contribution is 2.47. The van der Waals surface area contributed by atoms with Gasteiger partial charge in [0.15, 0.2) is 0 Å². The lowest BCUT2D eigenvalue weighted by Gasteiger charge is -2.39. The van der Waals surface area contributed by atoms with E-state index in [2.05, 4.69) is 0 Å². The van der Waals surface area contributed by atoms with E-state index in [1.165, 1.54) is 25.9 Å². The van der Waals surface area contributed by atoms with E-state index in [1.807, 2.05) is 0 Å². The molecule has 9 heteroatoms. The van der Waals surface area contributed by atoms with Gasteiger partial charge in [-0.05, 0) is 25.7 Å². The third-order valence-corrected chi connectivity index (χ3v) is 8.45. The Kier molecular flexibility index (Phi) is 4.59. The summed E-state index contributed by atoms with van der Waals surface area (Å²) in [6, 6.07) is 0. The van der Waals surface area contributed by atoms with Gasteiger partial charge in [0, 0.05) is 24.6 Å². The van der Waals surface area contributed by atoms with Crippen LogP contribution in [-0.4, -0.2) is 80.4 Å². The number of rotatable bonds is 2. The van der Waals surface area contributed by atoms with Crippen LogP contribution in [0.15, 0.2) is 0 Å². The van der Waals surface area contributed by atoms with Gasteiger partial charge in [-0.3, -0.25) is 29.0 Å². The standard InChI is InChI=1S/C18H24N2O6S/c1-19-15(23)7-3-11(21)13(5-9(7)17(19)25)27-14-6-10-8(4-12(14)22)16(24)20(2)18(10)26/h7-14,21-22H,3-6H2,1-2H3/t7-,8-,9-,10+,11+,12-,13-,14-/m1/s1. The molecule has 4 fully saturated rings. The summed E-state index contributed by atoms with van der Waals surface area (Å²) < 4.78 is 0. The molecule has 0 aromatic rings. The Balaban J connectivity index is 1.46. The second kappa shape index (κ2) is 6.56. The highest BCUT2D eigenvalue weighted by Gasteiger charge is 2.54. The molecule has 4 rings (SSSR count). The molecule has 0 spiro atoms. The molecule has 0 radical (unpaired) electrons. The average molecular weight is 396 g/mol. The fraction of sp³-hybridized carbons (Fsp3) is 0.778. The van der Waals surface area contributed by atoms with Crippen LogP contribution in [0.25, 0.3) is 0 Å². The maximum absolute atomic E-state index is 12.3. The summed E-state index contributed by atoms with van der Waals surface area (Å²) in [5, 5.41) is 20.5. The van der Waals surface area contributed by atoms with Crippen molar-refractivity contribution in [2.75, 3.05) is 14.1 Å². The molecule has 4 amide bonds. The third kappa shape index (κ3) is 2.82. The quantitative estimate of drug-likeness (QED) is 0.589. The van der Waals surface area contributed by atoms with Crippen molar-refractivity contribution in [1.82, 2.24) is 9.80 Å². The first-order valence-corrected chi connectivity index (χ1v) is 10.3. The first kappa shape index (κ1) is 18.9. The summed E-state index contributed by atoms with van der Waals surface area (Å²) in [6.45, 7) is 0. The van der Waals surface area contributed by atoms with Crippen LogP contribution in [-0.2, 0) is 19.2 Å². The van der Waals surface area contributed by atoms with E-state index in [4.69, 9.17) is 0 Å². The van der Waals surface area contributed by atoms with Gasteiger partial charge in [-0.2, -0.15) is 0 Å². The van der Waals surface area contributed by atoms with Crippen LogP contribution in [0.3, 0.4) is 0 Å². The van der Waals surface area contributed by atoms with Crippen LogP contribution in [0.2, 0.25) is 0 Å². The predicted octanol–water partition coefficient (Wildman–Crippen LogP) is -0.772. The van der Waals surface area contributed by atoms with Crippen molar-refractivity contribution in [3.05, 3.63) is 0 Å². The van der Waals surface area contributed by atoms with Gasteiger partial charge in [0.1, 0.15) is 0 Å². The summed E-state index contributed by atoms with van der Waals surface area (Å²) in [4.78, 5) is 51.2. The monoisotopic (exact) mass is 396 g/mol. The van der Waals surface area contributed by atoms with E-state index in [0.717, 1.165) is 9.80 Å². The molecule has 0 aromatic carbocycles. The zero-order valence-corrected chi connectivity index (χ0v) is 16.1. The summed E-state index contributed by atoms with van der Waals surface area (Å²) in [6.07, 6.45) is -0.232. The largest absolute Gasteiger partial charge is 0.392 e. The average Bonchev–Trinajstić information content (AvgIpc) is 2.97. The van der Waals surface area contributed by atoms with Gasteiger partial charge in [-0.15, -0.1) is 11.8 Å². The number of hydrogen-bond donors (Lipinski definition) is 2. The molecule has 0 aromatic heterocycles. The first-order chi connectivity index (χ1) is 12.7. The first-order valence-electron chi connectivity index (χ1n) is 9.35. The molecular weight excluding hydrogens is 372 g/mol. The van der Waals surface area contributed by atoms with Crippen molar-refractivity contribution in [3.8, 4) is 0 Å². The number of carbonyl (C=O) groups is 4. The van der Waals surface area contributed by atoms with E-state index >= 15 is 0 Å². The molecule has 2 aliphatic carbocycles. The van der Waals surface area contributed by atoms with Crippen molar-refractivity contribution < 1.29 is 29.4 Å². The molecular formula is C18H24N2O6S. The predicted molar refractivity (Wildman–Crippen MR) is 95.2 cm³/mol. The zero-order valence-electron chi connectivity index (χ0n) is 15.3. The molecule has 2 heterocycles. The number of nitrogens with zero attached hydrogens (tertiary/aromatic N) is 2. The van der Waals surface area contributed by atoms with Gasteiger partial charge in [0.2, 0.25) is 23.6 Å². The van der Waals surface area contributed by atoms with Gasteiger partial charge in [-0.25, -0.2) is 0 Å². The Morgan fingerprint density at radius 3 is 1.30 bits per heavy atom. The highest BCUT2D eigenvalue weighted by molar-refractivity contribution is 8.00. The molecule has 0 unspecified atom stereocenters. The van der Waals surface area contributed by atoms with E-state index in [-0.39, 0.29) is 47.0 Å². The van der Waals surface area contributed by atoms with Gasteiger partial charge in [0.25, 0.3) is 0 Å². The van der Waals surface area contributed by atoms with Gasteiger partial charge in [0.05, 0.1) is 35.9 Å². The number of imide groups is 2. The highest BCUT2D eigenvalue weighted by atomic mass is 32.2. The zero-order chi connectivity index (χ0) is 19.6. The van der Waals surface area contributed by atoms with E-state index < -0.39 is 35.9 Å². The van der Waals surface area contributed by atoms with Crippen LogP contribution in [0.5, 0.6) is 0 Å². The smallest absolute Gasteiger partial charge is 0.232 e. The Hall–Kier alpha value is -1.45. The number of aliphatic hydroxyl groups is 2. The van der Waals surface area contributed by atoms with Crippen LogP contribution >= 0.6 is 11.8 Å². The van der Waals surface area contributed by atoms with Crippen molar-refractivity contribution in [3.63, 3.8) is 0 Å². The molecule has 8 nitrogen and oxygen atoms in total. The Morgan fingerprint density at radius 1 is 0.667 bits per heavy atom. The van der Waals surface area contributed by atoms with E-state index in [0.29, 0.717) is 12.8 Å². The van der Waals surface area contributed by atoms with Crippen LogP contribution in [0.4, 0.5) is 0 Å². The van der Waals surface area contributed by atoms with Crippen LogP contribution in [0.1, 0.15) is 25.7 Å². The SMILES string of the molecule is CN1C(=O)[C@H]2C[C@@H](S[C@@H]3C[C@H]4C(=O)N(C)C(=O)[C@@H]4C[C@@H]3O)[C@H](O)C[C@H]2C1=O. The van der Waals surface area contributed by atoms with Crippen molar-refractivity contribution in [2.24, 2.45) is 23.7 Å². The van der Waals surface area contributed by atoms with E-state index in [9.17, 15) is 29.4 Å². The third-order valence-electron chi connectivity index (χ3n) is 6.73. The molecule has 2 saturated heterocycles. The van der Waals surface area contributed by atoms with Crippen LogP contribution in [0, 0.1) is 23.7 Å². The molecule has 2 saturated carbocycles. The lowest BCUT2D eigenvalue weighted by Crippen LogP contribution is -2.43. The van der Waals surface area contributed by atoms with Crippen molar-refractivity contribution >= 4 is 35.4 Å². The minimum absolute atomic E-state index is 0.204. The van der Waals surface area contributed by atoms with Gasteiger partial charge in [-0.1, -0.05) is 0 Å². The molecule has 2 N–H and O–H groups in total. The number of amides is 4. The molecule has 4 aliphatic rings. The molecule has 2 aliphatic heterocycles. The second-order valence-corrected chi connectivity index (χ2v) is 9.67. The van der Waals surface area contributed by atoms with Crippen LogP contribution < -0.4 is 0 Å². The van der Waals surface area contributed by atoms with Gasteiger partial charge < -0.3 is 10.2 Å². The maximum Gasteiger partial charge on any atom is 0.232 e. The number of thioether (sulfide) groups is 1. The maximum atomic E-state index is 12.3. The number of carbonyl (C=O) groups excluding carboxylic acids is 4. The summed E-state index contributed by atoms with van der Waals surface area (Å²) in [5.41, 5.74) is 0. The Morgan fingerprint density at radius 2 is 0.963 bits per heavy atom. The Bertz CT molecular complexity index is 656. The summed E-state index contributed by atoms with van der Waals surface area (Å²) >= 11 is 1.40. The normalized spacial score (nSPS) is 44.7. The number of fused-ring (bicyclic) bond motifs is 2. The van der Waals surface area contributed by atoms with Crippen molar-refractivity contribution in [1.29, 1.82) is 0 Å². The fourth-order valence-electron chi connectivity index (χ4n) is 5.12. The number of likely N-dealkylation sites (tertiary alicyclic amines) is 2. The molecule has 0 bridgehead atoms. The van der Waals surface area contributed by atoms with Crippen molar-refractivity contribution in [2.45, 2.75) is 48.4 Å². The summed E-state index contributed by atoms with van der Waals surface area (Å²) in [5.74, 6) is -2.63. The van der Waals surface area contributed by atoms with Gasteiger partial charge >= 0.3 is 0 Å². The second-order valence-electron chi connectivity index (χ2n) is 8.19. The van der Waals surface area contributed by atoms with E-state index in [1.54, 1.807) is 0 Å². The Labute approximate surface area is 161 Å². The lowest BCUT2D eigenvalue weighted by atomic mass is 9.79. The lowest BCUT2D eigenvalue weighted by molar-refractivity contribution is -0.139. The number of aliphatic hydroxyl groups excluding tert-OH is 2. The molecule has 148 valence electrons. The topological polar surface area (TPSA) is 115 Å². The number of hydrogen-bond acceptors (Lipinski definition) is 7. The minimum Gasteiger partial charge on any atom is -0.392 e. The fourth-order valence-corrected chi connectivity index (χ4v) is 6.79. The molecule has 27 heavy (non-hydrogen) atoms.